The van der Waals surface area contributed by atoms with Gasteiger partial charge in [-0.15, -0.1) is 0 Å². The van der Waals surface area contributed by atoms with Gasteiger partial charge in [-0.2, -0.15) is 0 Å². The van der Waals surface area contributed by atoms with Crippen LogP contribution in [0.25, 0.3) is 0 Å². The Labute approximate surface area is 215 Å². The lowest BCUT2D eigenvalue weighted by atomic mass is 10.2. The summed E-state index contributed by atoms with van der Waals surface area (Å²) in [6.45, 7) is 13.3. The van der Waals surface area contributed by atoms with E-state index in [-0.39, 0.29) is 0 Å². The van der Waals surface area contributed by atoms with Gasteiger partial charge < -0.3 is 0 Å². The van der Waals surface area contributed by atoms with E-state index in [1.54, 1.807) is 0 Å². The number of nitrogens with zero attached hydrogens (tertiary/aromatic N) is 6. The molecule has 0 fully saturated rings. The normalized spacial score (nSPS) is 11.4. The van der Waals surface area contributed by atoms with E-state index in [0.717, 1.165) is 62.0 Å². The van der Waals surface area contributed by atoms with Gasteiger partial charge >= 0.3 is 0 Å². The molecule has 36 heavy (non-hydrogen) atoms. The maximum Gasteiger partial charge on any atom is 0.0546 e. The Hall–Kier alpha value is -3.48. The Balaban J connectivity index is 1.53. The van der Waals surface area contributed by atoms with Crippen LogP contribution in [0.1, 0.15) is 45.0 Å². The molecule has 0 atom stereocenters. The van der Waals surface area contributed by atoms with Crippen molar-refractivity contribution >= 4 is 0 Å². The number of aryl methyl sites for hydroxylation is 4. The summed E-state index contributed by atoms with van der Waals surface area (Å²) in [5.74, 6) is 0. The maximum atomic E-state index is 4.62. The molecule has 0 spiro atoms. The lowest BCUT2D eigenvalue weighted by Gasteiger charge is -2.27. The molecule has 0 unspecified atom stereocenters. The number of rotatable bonds is 11. The molecule has 0 saturated carbocycles. The van der Waals surface area contributed by atoms with Gasteiger partial charge in [-0.1, -0.05) is 0 Å². The van der Waals surface area contributed by atoms with Gasteiger partial charge in [-0.3, -0.25) is 29.7 Å². The van der Waals surface area contributed by atoms with Crippen molar-refractivity contribution in [3.63, 3.8) is 0 Å². The molecule has 4 heterocycles. The first-order chi connectivity index (χ1) is 17.4. The average Bonchev–Trinajstić information content (AvgIpc) is 2.82. The standard InChI is InChI=1S/C30H36N6/c1-23-5-9-31-27(15-23)19-35(20-28-16-24(2)6-10-32-28)13-14-36(21-29-17-25(3)7-11-33-29)22-30-18-26(4)8-12-34-30/h5-12,15-18H,13-14,19-22H2,1-4H3. The lowest BCUT2D eigenvalue weighted by Crippen LogP contribution is -2.35. The molecule has 6 nitrogen and oxygen atoms in total. The minimum absolute atomic E-state index is 0.774. The van der Waals surface area contributed by atoms with E-state index in [1.165, 1.54) is 22.3 Å². The highest BCUT2D eigenvalue weighted by molar-refractivity contribution is 5.18. The van der Waals surface area contributed by atoms with Crippen LogP contribution in [-0.4, -0.2) is 42.8 Å². The summed E-state index contributed by atoms with van der Waals surface area (Å²) >= 11 is 0. The fraction of sp³-hybridized carbons (Fsp3) is 0.333. The topological polar surface area (TPSA) is 58.0 Å². The highest BCUT2D eigenvalue weighted by Crippen LogP contribution is 2.13. The maximum absolute atomic E-state index is 4.62. The zero-order chi connectivity index (χ0) is 25.3. The van der Waals surface area contributed by atoms with Gasteiger partial charge in [0.05, 0.1) is 22.8 Å². The monoisotopic (exact) mass is 480 g/mol. The van der Waals surface area contributed by atoms with E-state index >= 15 is 0 Å². The molecule has 186 valence electrons. The van der Waals surface area contributed by atoms with Crippen molar-refractivity contribution in [2.24, 2.45) is 0 Å². The largest absolute Gasteiger partial charge is 0.290 e. The first-order valence-corrected chi connectivity index (χ1v) is 12.5. The van der Waals surface area contributed by atoms with Gasteiger partial charge in [0, 0.05) is 64.1 Å². The Morgan fingerprint density at radius 2 is 0.694 bits per heavy atom. The molecule has 0 aromatic carbocycles. The SMILES string of the molecule is Cc1ccnc(CN(CCN(Cc2cc(C)ccn2)Cc2cc(C)ccn2)Cc2cc(C)ccn2)c1. The molecular formula is C30H36N6. The van der Waals surface area contributed by atoms with Crippen molar-refractivity contribution in [3.05, 3.63) is 118 Å². The number of hydrogen-bond donors (Lipinski definition) is 0. The highest BCUT2D eigenvalue weighted by Gasteiger charge is 2.15. The molecule has 0 radical (unpaired) electrons. The minimum Gasteiger partial charge on any atom is -0.290 e. The fourth-order valence-corrected chi connectivity index (χ4v) is 4.37. The van der Waals surface area contributed by atoms with Crippen LogP contribution in [0.4, 0.5) is 0 Å². The predicted octanol–water partition coefficient (Wildman–Crippen LogP) is 5.20. The predicted molar refractivity (Wildman–Crippen MR) is 144 cm³/mol. The van der Waals surface area contributed by atoms with Crippen molar-refractivity contribution in [2.45, 2.75) is 53.9 Å². The Bertz CT molecular complexity index is 1080. The fourth-order valence-electron chi connectivity index (χ4n) is 4.37. The van der Waals surface area contributed by atoms with Crippen LogP contribution < -0.4 is 0 Å². The Morgan fingerprint density at radius 3 is 0.917 bits per heavy atom. The van der Waals surface area contributed by atoms with Crippen LogP contribution in [0, 0.1) is 27.7 Å². The van der Waals surface area contributed by atoms with E-state index in [9.17, 15) is 0 Å². The minimum atomic E-state index is 0.774. The summed E-state index contributed by atoms with van der Waals surface area (Å²) < 4.78 is 0. The lowest BCUT2D eigenvalue weighted by molar-refractivity contribution is 0.178. The molecule has 0 amide bonds. The molecule has 4 rings (SSSR count). The summed E-state index contributed by atoms with van der Waals surface area (Å²) in [5, 5.41) is 0. The van der Waals surface area contributed by atoms with E-state index in [0.29, 0.717) is 0 Å². The molecule has 0 N–H and O–H groups in total. The average molecular weight is 481 g/mol. The van der Waals surface area contributed by atoms with Gasteiger partial charge in [-0.25, -0.2) is 0 Å². The molecular weight excluding hydrogens is 444 g/mol. The second kappa shape index (κ2) is 12.5. The van der Waals surface area contributed by atoms with Crippen LogP contribution in [0.3, 0.4) is 0 Å². The third kappa shape index (κ3) is 8.04. The van der Waals surface area contributed by atoms with Crippen molar-refractivity contribution < 1.29 is 0 Å². The Morgan fingerprint density at radius 1 is 0.444 bits per heavy atom. The quantitative estimate of drug-likeness (QED) is 0.294. The van der Waals surface area contributed by atoms with E-state index < -0.39 is 0 Å². The van der Waals surface area contributed by atoms with Crippen LogP contribution in [0.2, 0.25) is 0 Å². The summed E-state index contributed by atoms with van der Waals surface area (Å²) in [5.41, 5.74) is 9.23. The van der Waals surface area contributed by atoms with E-state index in [2.05, 4.69) is 81.7 Å². The molecule has 6 heteroatoms. The zero-order valence-corrected chi connectivity index (χ0v) is 21.9. The van der Waals surface area contributed by atoms with Gasteiger partial charge in [0.1, 0.15) is 0 Å². The molecule has 4 aromatic heterocycles. The van der Waals surface area contributed by atoms with Gasteiger partial charge in [0.15, 0.2) is 0 Å². The molecule has 4 aromatic rings. The van der Waals surface area contributed by atoms with Crippen molar-refractivity contribution in [1.82, 2.24) is 29.7 Å². The second-order valence-corrected chi connectivity index (χ2v) is 9.72. The molecule has 0 aliphatic heterocycles. The first kappa shape index (κ1) is 25.6. The smallest absolute Gasteiger partial charge is 0.0546 e. The second-order valence-electron chi connectivity index (χ2n) is 9.72. The molecule has 0 aliphatic rings. The third-order valence-corrected chi connectivity index (χ3v) is 6.16. The summed E-state index contributed by atoms with van der Waals surface area (Å²) in [4.78, 5) is 23.4. The number of hydrogen-bond acceptors (Lipinski definition) is 6. The first-order valence-electron chi connectivity index (χ1n) is 12.5. The van der Waals surface area contributed by atoms with E-state index in [1.807, 2.05) is 49.1 Å². The van der Waals surface area contributed by atoms with Gasteiger partial charge in [0.25, 0.3) is 0 Å². The van der Waals surface area contributed by atoms with Crippen molar-refractivity contribution in [1.29, 1.82) is 0 Å². The van der Waals surface area contributed by atoms with Crippen LogP contribution >= 0.6 is 0 Å². The number of aromatic nitrogens is 4. The summed E-state index contributed by atoms with van der Waals surface area (Å²) in [6.07, 6.45) is 7.58. The molecule has 0 bridgehead atoms. The van der Waals surface area contributed by atoms with Crippen molar-refractivity contribution in [3.8, 4) is 0 Å². The Kier molecular flexibility index (Phi) is 8.87. The van der Waals surface area contributed by atoms with Crippen LogP contribution in [-0.2, 0) is 26.2 Å². The molecule has 0 aliphatic carbocycles. The molecule has 0 saturated heterocycles. The van der Waals surface area contributed by atoms with Crippen LogP contribution in [0.15, 0.2) is 73.3 Å². The summed E-state index contributed by atoms with van der Waals surface area (Å²) in [6, 6.07) is 16.8. The van der Waals surface area contributed by atoms with Gasteiger partial charge in [0.2, 0.25) is 0 Å². The summed E-state index contributed by atoms with van der Waals surface area (Å²) in [7, 11) is 0. The zero-order valence-electron chi connectivity index (χ0n) is 21.9. The van der Waals surface area contributed by atoms with Gasteiger partial charge in [-0.05, 0) is 98.5 Å². The highest BCUT2D eigenvalue weighted by atomic mass is 15.2. The third-order valence-electron chi connectivity index (χ3n) is 6.16. The number of pyridine rings is 4. The van der Waals surface area contributed by atoms with Crippen LogP contribution in [0.5, 0.6) is 0 Å². The van der Waals surface area contributed by atoms with Crippen molar-refractivity contribution in [2.75, 3.05) is 13.1 Å². The van der Waals surface area contributed by atoms with E-state index in [4.69, 9.17) is 0 Å².